The smallest absolute Gasteiger partial charge is 0.245 e. The predicted octanol–water partition coefficient (Wildman–Crippen LogP) is 2.44. The van der Waals surface area contributed by atoms with Crippen LogP contribution in [0.1, 0.15) is 59.4 Å². The van der Waals surface area contributed by atoms with Crippen LogP contribution < -0.4 is 4.90 Å². The summed E-state index contributed by atoms with van der Waals surface area (Å²) < 4.78 is 14.0. The molecule has 4 unspecified atom stereocenters. The summed E-state index contributed by atoms with van der Waals surface area (Å²) in [7, 11) is 0. The third-order valence-electron chi connectivity index (χ3n) is 5.28. The summed E-state index contributed by atoms with van der Waals surface area (Å²) in [5, 5.41) is 12.7. The molecule has 1 aromatic heterocycles. The number of anilines is 1. The Hall–Kier alpha value is -1.21. The van der Waals surface area contributed by atoms with Crippen molar-refractivity contribution < 1.29 is 9.47 Å². The molecule has 0 spiro atoms. The molecule has 0 bridgehead atoms. The van der Waals surface area contributed by atoms with Crippen LogP contribution >= 0.6 is 0 Å². The van der Waals surface area contributed by atoms with Crippen LogP contribution in [0, 0.1) is 5.92 Å². The maximum atomic E-state index is 6.11. The van der Waals surface area contributed by atoms with E-state index in [1.165, 1.54) is 0 Å². The maximum Gasteiger partial charge on any atom is 0.245 e. The molecule has 136 valence electrons. The van der Waals surface area contributed by atoms with Gasteiger partial charge in [-0.25, -0.2) is 4.68 Å². The molecule has 3 rings (SSSR count). The van der Waals surface area contributed by atoms with Crippen molar-refractivity contribution in [1.82, 2.24) is 20.2 Å². The van der Waals surface area contributed by atoms with E-state index in [2.05, 4.69) is 48.1 Å². The minimum Gasteiger partial charge on any atom is -0.378 e. The first-order valence-electron chi connectivity index (χ1n) is 9.42. The van der Waals surface area contributed by atoms with E-state index in [1.807, 2.05) is 4.68 Å². The molecule has 0 radical (unpaired) electrons. The predicted molar refractivity (Wildman–Crippen MR) is 92.1 cm³/mol. The number of hydrogen-bond donors (Lipinski definition) is 0. The van der Waals surface area contributed by atoms with Gasteiger partial charge in [0.15, 0.2) is 0 Å². The topological polar surface area (TPSA) is 65.3 Å². The number of aromatic nitrogens is 4. The molecule has 4 atom stereocenters. The Bertz CT molecular complexity index is 509. The third-order valence-corrected chi connectivity index (χ3v) is 5.28. The highest BCUT2D eigenvalue weighted by molar-refractivity contribution is 5.30. The van der Waals surface area contributed by atoms with Crippen molar-refractivity contribution in [2.24, 2.45) is 5.92 Å². The third kappa shape index (κ3) is 3.72. The maximum absolute atomic E-state index is 6.11. The van der Waals surface area contributed by atoms with Crippen LogP contribution in [0.25, 0.3) is 0 Å². The van der Waals surface area contributed by atoms with E-state index in [0.717, 1.165) is 51.3 Å². The van der Waals surface area contributed by atoms with Crippen LogP contribution in [0.4, 0.5) is 5.95 Å². The SMILES string of the molecule is CCC1CN(c2nnnn2C2CCOC(C(C)C)C2)CC(CC)O1. The Kier molecular flexibility index (Phi) is 5.71. The highest BCUT2D eigenvalue weighted by Gasteiger charge is 2.33. The summed E-state index contributed by atoms with van der Waals surface area (Å²) in [4.78, 5) is 2.31. The van der Waals surface area contributed by atoms with E-state index in [4.69, 9.17) is 9.47 Å². The summed E-state index contributed by atoms with van der Waals surface area (Å²) >= 11 is 0. The van der Waals surface area contributed by atoms with Crippen molar-refractivity contribution in [2.45, 2.75) is 77.7 Å². The fraction of sp³-hybridized carbons (Fsp3) is 0.941. The molecule has 3 heterocycles. The molecular weight excluding hydrogens is 306 g/mol. The lowest BCUT2D eigenvalue weighted by atomic mass is 9.95. The van der Waals surface area contributed by atoms with Crippen LogP contribution in [-0.2, 0) is 9.47 Å². The van der Waals surface area contributed by atoms with Gasteiger partial charge >= 0.3 is 0 Å². The van der Waals surface area contributed by atoms with Crippen molar-refractivity contribution in [3.05, 3.63) is 0 Å². The second-order valence-corrected chi connectivity index (χ2v) is 7.36. The minimum absolute atomic E-state index is 0.256. The second kappa shape index (κ2) is 7.78. The van der Waals surface area contributed by atoms with Crippen molar-refractivity contribution in [1.29, 1.82) is 0 Å². The molecule has 2 aliphatic heterocycles. The first-order valence-corrected chi connectivity index (χ1v) is 9.42. The number of morpholine rings is 1. The number of hydrogen-bond acceptors (Lipinski definition) is 6. The lowest BCUT2D eigenvalue weighted by Crippen LogP contribution is -2.48. The lowest BCUT2D eigenvalue weighted by Gasteiger charge is -2.39. The molecule has 1 aromatic rings. The summed E-state index contributed by atoms with van der Waals surface area (Å²) in [5.74, 6) is 1.41. The summed E-state index contributed by atoms with van der Waals surface area (Å²) in [6.07, 6.45) is 4.79. The number of tetrazole rings is 1. The fourth-order valence-electron chi connectivity index (χ4n) is 3.67. The average Bonchev–Trinajstić information content (AvgIpc) is 3.11. The molecule has 7 heteroatoms. The zero-order valence-electron chi connectivity index (χ0n) is 15.4. The van der Waals surface area contributed by atoms with Gasteiger partial charge < -0.3 is 14.4 Å². The highest BCUT2D eigenvalue weighted by atomic mass is 16.5. The summed E-state index contributed by atoms with van der Waals surface area (Å²) in [6.45, 7) is 11.3. The van der Waals surface area contributed by atoms with E-state index in [0.29, 0.717) is 12.0 Å². The Morgan fingerprint density at radius 2 is 1.88 bits per heavy atom. The van der Waals surface area contributed by atoms with E-state index in [-0.39, 0.29) is 18.3 Å². The molecule has 0 aromatic carbocycles. The molecule has 0 saturated carbocycles. The van der Waals surface area contributed by atoms with E-state index in [9.17, 15) is 0 Å². The van der Waals surface area contributed by atoms with Gasteiger partial charge in [0.05, 0.1) is 24.4 Å². The molecule has 0 amide bonds. The second-order valence-electron chi connectivity index (χ2n) is 7.36. The quantitative estimate of drug-likeness (QED) is 0.822. The highest BCUT2D eigenvalue weighted by Crippen LogP contribution is 2.31. The van der Waals surface area contributed by atoms with Crippen molar-refractivity contribution in [2.75, 3.05) is 24.6 Å². The van der Waals surface area contributed by atoms with Gasteiger partial charge in [0.2, 0.25) is 5.95 Å². The van der Waals surface area contributed by atoms with Crippen molar-refractivity contribution >= 4 is 5.95 Å². The van der Waals surface area contributed by atoms with Gasteiger partial charge in [0, 0.05) is 19.7 Å². The first kappa shape index (κ1) is 17.6. The van der Waals surface area contributed by atoms with Crippen LogP contribution in [0.5, 0.6) is 0 Å². The monoisotopic (exact) mass is 337 g/mol. The fourth-order valence-corrected chi connectivity index (χ4v) is 3.67. The van der Waals surface area contributed by atoms with Crippen LogP contribution in [0.3, 0.4) is 0 Å². The van der Waals surface area contributed by atoms with Crippen LogP contribution in [0.15, 0.2) is 0 Å². The Balaban J connectivity index is 1.77. The van der Waals surface area contributed by atoms with Crippen LogP contribution in [0.2, 0.25) is 0 Å². The minimum atomic E-state index is 0.256. The normalized spacial score (nSPS) is 31.6. The van der Waals surface area contributed by atoms with Gasteiger partial charge in [0.1, 0.15) is 0 Å². The summed E-state index contributed by atoms with van der Waals surface area (Å²) in [5.41, 5.74) is 0. The van der Waals surface area contributed by atoms with Gasteiger partial charge in [-0.1, -0.05) is 32.8 Å². The largest absolute Gasteiger partial charge is 0.378 e. The number of ether oxygens (including phenoxy) is 2. The molecule has 0 N–H and O–H groups in total. The summed E-state index contributed by atoms with van der Waals surface area (Å²) in [6, 6.07) is 0.319. The van der Waals surface area contributed by atoms with E-state index < -0.39 is 0 Å². The van der Waals surface area contributed by atoms with Gasteiger partial charge in [-0.2, -0.15) is 0 Å². The molecule has 0 aliphatic carbocycles. The Morgan fingerprint density at radius 1 is 1.17 bits per heavy atom. The lowest BCUT2D eigenvalue weighted by molar-refractivity contribution is -0.0357. The molecule has 2 aliphatic rings. The van der Waals surface area contributed by atoms with E-state index >= 15 is 0 Å². The average molecular weight is 337 g/mol. The van der Waals surface area contributed by atoms with Crippen molar-refractivity contribution in [3.8, 4) is 0 Å². The number of nitrogens with zero attached hydrogens (tertiary/aromatic N) is 5. The van der Waals surface area contributed by atoms with Crippen molar-refractivity contribution in [3.63, 3.8) is 0 Å². The zero-order chi connectivity index (χ0) is 17.1. The first-order chi connectivity index (χ1) is 11.6. The van der Waals surface area contributed by atoms with Gasteiger partial charge in [-0.3, -0.25) is 0 Å². The van der Waals surface area contributed by atoms with Gasteiger partial charge in [-0.15, -0.1) is 0 Å². The molecular formula is C17H31N5O2. The molecule has 24 heavy (non-hydrogen) atoms. The molecule has 2 fully saturated rings. The number of rotatable bonds is 5. The standard InChI is InChI=1S/C17H31N5O2/c1-5-14-10-21(11-15(6-2)24-14)17-18-19-20-22(17)13-7-8-23-16(9-13)12(3)4/h12-16H,5-11H2,1-4H3. The van der Waals surface area contributed by atoms with Crippen LogP contribution in [-0.4, -0.2) is 58.2 Å². The molecule has 2 saturated heterocycles. The van der Waals surface area contributed by atoms with E-state index in [1.54, 1.807) is 0 Å². The van der Waals surface area contributed by atoms with Gasteiger partial charge in [-0.05, 0) is 42.0 Å². The molecule has 7 nitrogen and oxygen atoms in total. The Morgan fingerprint density at radius 3 is 2.50 bits per heavy atom. The van der Waals surface area contributed by atoms with Gasteiger partial charge in [0.25, 0.3) is 0 Å². The Labute approximate surface area is 144 Å². The zero-order valence-corrected chi connectivity index (χ0v) is 15.4.